The van der Waals surface area contributed by atoms with Gasteiger partial charge in [0.15, 0.2) is 0 Å². The fourth-order valence-corrected chi connectivity index (χ4v) is 4.12. The van der Waals surface area contributed by atoms with Gasteiger partial charge >= 0.3 is 0 Å². The lowest BCUT2D eigenvalue weighted by Crippen LogP contribution is -2.34. The molecule has 0 spiro atoms. The summed E-state index contributed by atoms with van der Waals surface area (Å²) in [6.45, 7) is 0.608. The van der Waals surface area contributed by atoms with Gasteiger partial charge in [-0.15, -0.1) is 11.3 Å². The van der Waals surface area contributed by atoms with Gasteiger partial charge in [0.05, 0.1) is 10.9 Å². The molecule has 0 aliphatic carbocycles. The molecular weight excluding hydrogens is 312 g/mol. The summed E-state index contributed by atoms with van der Waals surface area (Å²) < 4.78 is 1.15. The van der Waals surface area contributed by atoms with E-state index in [-0.39, 0.29) is 11.9 Å². The van der Waals surface area contributed by atoms with Gasteiger partial charge < -0.3 is 10.2 Å². The average molecular weight is 330 g/mol. The third-order valence-corrected chi connectivity index (χ3v) is 5.47. The van der Waals surface area contributed by atoms with Gasteiger partial charge in [0.1, 0.15) is 0 Å². The summed E-state index contributed by atoms with van der Waals surface area (Å²) in [4.78, 5) is 15.3. The van der Waals surface area contributed by atoms with E-state index in [0.717, 1.165) is 15.0 Å². The minimum atomic E-state index is 0.00304. The highest BCUT2D eigenvalue weighted by Crippen LogP contribution is 2.25. The maximum absolute atomic E-state index is 12.4. The van der Waals surface area contributed by atoms with Crippen LogP contribution in [0.25, 0.3) is 10.1 Å². The van der Waals surface area contributed by atoms with Crippen LogP contribution in [-0.4, -0.2) is 31.4 Å². The van der Waals surface area contributed by atoms with E-state index in [0.29, 0.717) is 6.54 Å². The Balaban J connectivity index is 1.71. The van der Waals surface area contributed by atoms with Crippen molar-refractivity contribution in [2.45, 2.75) is 6.04 Å². The molecule has 1 atom stereocenters. The highest BCUT2D eigenvalue weighted by atomic mass is 32.1. The van der Waals surface area contributed by atoms with Gasteiger partial charge in [-0.2, -0.15) is 11.3 Å². The van der Waals surface area contributed by atoms with Crippen LogP contribution in [-0.2, 0) is 0 Å². The van der Waals surface area contributed by atoms with E-state index < -0.39 is 0 Å². The molecule has 1 amide bonds. The van der Waals surface area contributed by atoms with Crippen molar-refractivity contribution in [3.8, 4) is 0 Å². The minimum absolute atomic E-state index is 0.00304. The van der Waals surface area contributed by atoms with Gasteiger partial charge in [0.2, 0.25) is 0 Å². The predicted octanol–water partition coefficient (Wildman–Crippen LogP) is 4.00. The standard InChI is InChI=1S/C17H18N2OS2/c1-19(2)14(13-7-8-21-11-13)10-18-17(20)16-9-12-5-3-4-6-15(12)22-16/h3-9,11,14H,10H2,1-2H3,(H,18,20)/t14-/m1/s1. The number of carbonyl (C=O) groups is 1. The first-order valence-electron chi connectivity index (χ1n) is 7.10. The van der Waals surface area contributed by atoms with Crippen molar-refractivity contribution < 1.29 is 4.79 Å². The molecule has 0 saturated carbocycles. The molecule has 5 heteroatoms. The summed E-state index contributed by atoms with van der Waals surface area (Å²) in [6.07, 6.45) is 0. The van der Waals surface area contributed by atoms with Crippen molar-refractivity contribution >= 4 is 38.7 Å². The summed E-state index contributed by atoms with van der Waals surface area (Å²) in [5.41, 5.74) is 1.24. The lowest BCUT2D eigenvalue weighted by atomic mass is 10.1. The molecule has 2 aromatic heterocycles. The molecule has 114 valence electrons. The number of likely N-dealkylation sites (N-methyl/N-ethyl adjacent to an activating group) is 1. The van der Waals surface area contributed by atoms with E-state index in [1.165, 1.54) is 16.9 Å². The Bertz CT molecular complexity index is 729. The number of nitrogens with one attached hydrogen (secondary N) is 1. The number of rotatable bonds is 5. The highest BCUT2D eigenvalue weighted by Gasteiger charge is 2.17. The number of carbonyl (C=O) groups excluding carboxylic acids is 1. The largest absolute Gasteiger partial charge is 0.349 e. The SMILES string of the molecule is CN(C)[C@H](CNC(=O)c1cc2ccccc2s1)c1ccsc1. The lowest BCUT2D eigenvalue weighted by molar-refractivity contribution is 0.0946. The van der Waals surface area contributed by atoms with E-state index in [1.54, 1.807) is 11.3 Å². The molecule has 0 radical (unpaired) electrons. The summed E-state index contributed by atoms with van der Waals surface area (Å²) in [7, 11) is 4.07. The first kappa shape index (κ1) is 15.2. The Labute approximate surface area is 138 Å². The smallest absolute Gasteiger partial charge is 0.261 e. The quantitative estimate of drug-likeness (QED) is 0.767. The lowest BCUT2D eigenvalue weighted by Gasteiger charge is -2.23. The molecule has 22 heavy (non-hydrogen) atoms. The first-order valence-corrected chi connectivity index (χ1v) is 8.86. The van der Waals surface area contributed by atoms with Gasteiger partial charge in [-0.3, -0.25) is 4.79 Å². The highest BCUT2D eigenvalue weighted by molar-refractivity contribution is 7.20. The molecule has 0 aliphatic heterocycles. The van der Waals surface area contributed by atoms with Gasteiger partial charge in [-0.1, -0.05) is 18.2 Å². The molecule has 0 saturated heterocycles. The average Bonchev–Trinajstić information content (AvgIpc) is 3.16. The summed E-state index contributed by atoms with van der Waals surface area (Å²) in [5.74, 6) is 0.00304. The van der Waals surface area contributed by atoms with Gasteiger partial charge in [-0.25, -0.2) is 0 Å². The number of nitrogens with zero attached hydrogens (tertiary/aromatic N) is 1. The van der Waals surface area contributed by atoms with Crippen LogP contribution in [0, 0.1) is 0 Å². The zero-order chi connectivity index (χ0) is 15.5. The summed E-state index contributed by atoms with van der Waals surface area (Å²) in [5, 5.41) is 8.39. The normalized spacial score (nSPS) is 12.7. The van der Waals surface area contributed by atoms with Crippen LogP contribution in [0.15, 0.2) is 47.2 Å². The number of hydrogen-bond donors (Lipinski definition) is 1. The molecule has 3 nitrogen and oxygen atoms in total. The van der Waals surface area contributed by atoms with E-state index in [1.807, 2.05) is 44.4 Å². The second kappa shape index (κ2) is 6.60. The predicted molar refractivity (Wildman–Crippen MR) is 94.9 cm³/mol. The molecule has 3 rings (SSSR count). The van der Waals surface area contributed by atoms with E-state index in [9.17, 15) is 4.79 Å². The van der Waals surface area contributed by atoms with Crippen LogP contribution >= 0.6 is 22.7 Å². The van der Waals surface area contributed by atoms with E-state index in [2.05, 4.69) is 27.0 Å². The second-order valence-corrected chi connectivity index (χ2v) is 7.26. The Kier molecular flexibility index (Phi) is 4.57. The van der Waals surface area contributed by atoms with Crippen LogP contribution in [0.2, 0.25) is 0 Å². The molecular formula is C17H18N2OS2. The monoisotopic (exact) mass is 330 g/mol. The topological polar surface area (TPSA) is 32.3 Å². The molecule has 0 aliphatic rings. The molecule has 3 aromatic rings. The minimum Gasteiger partial charge on any atom is -0.349 e. The van der Waals surface area contributed by atoms with Crippen LogP contribution in [0.1, 0.15) is 21.3 Å². The molecule has 0 bridgehead atoms. The van der Waals surface area contributed by atoms with Gasteiger partial charge in [0.25, 0.3) is 5.91 Å². The third kappa shape index (κ3) is 3.21. The van der Waals surface area contributed by atoms with Crippen LogP contribution in [0.3, 0.4) is 0 Å². The molecule has 0 unspecified atom stereocenters. The van der Waals surface area contributed by atoms with Gasteiger partial charge in [-0.05, 0) is 54.0 Å². The van der Waals surface area contributed by atoms with Crippen molar-refractivity contribution in [3.05, 3.63) is 57.6 Å². The van der Waals surface area contributed by atoms with Crippen molar-refractivity contribution in [3.63, 3.8) is 0 Å². The van der Waals surface area contributed by atoms with E-state index in [4.69, 9.17) is 0 Å². The van der Waals surface area contributed by atoms with Gasteiger partial charge in [0, 0.05) is 11.2 Å². The van der Waals surface area contributed by atoms with Crippen molar-refractivity contribution in [2.75, 3.05) is 20.6 Å². The number of fused-ring (bicyclic) bond motifs is 1. The van der Waals surface area contributed by atoms with Crippen LogP contribution < -0.4 is 5.32 Å². The molecule has 0 fully saturated rings. The molecule has 2 heterocycles. The molecule has 1 N–H and O–H groups in total. The number of thiophene rings is 2. The van der Waals surface area contributed by atoms with E-state index >= 15 is 0 Å². The summed E-state index contributed by atoms with van der Waals surface area (Å²) in [6, 6.07) is 12.4. The Morgan fingerprint density at radius 3 is 2.77 bits per heavy atom. The Morgan fingerprint density at radius 1 is 1.27 bits per heavy atom. The van der Waals surface area contributed by atoms with Crippen LogP contribution in [0.5, 0.6) is 0 Å². The second-order valence-electron chi connectivity index (χ2n) is 5.39. The van der Waals surface area contributed by atoms with Crippen molar-refractivity contribution in [1.29, 1.82) is 0 Å². The Morgan fingerprint density at radius 2 is 2.09 bits per heavy atom. The number of benzene rings is 1. The fraction of sp³-hybridized carbons (Fsp3) is 0.235. The third-order valence-electron chi connectivity index (χ3n) is 3.66. The van der Waals surface area contributed by atoms with Crippen molar-refractivity contribution in [1.82, 2.24) is 10.2 Å². The summed E-state index contributed by atoms with van der Waals surface area (Å²) >= 11 is 3.22. The maximum Gasteiger partial charge on any atom is 0.261 e. The van der Waals surface area contributed by atoms with Crippen molar-refractivity contribution in [2.24, 2.45) is 0 Å². The Hall–Kier alpha value is -1.69. The number of amides is 1. The zero-order valence-corrected chi connectivity index (χ0v) is 14.2. The zero-order valence-electron chi connectivity index (χ0n) is 12.6. The number of hydrogen-bond acceptors (Lipinski definition) is 4. The first-order chi connectivity index (χ1) is 10.6. The van der Waals surface area contributed by atoms with Crippen LogP contribution in [0.4, 0.5) is 0 Å². The fourth-order valence-electron chi connectivity index (χ4n) is 2.43. The maximum atomic E-state index is 12.4. The molecule has 1 aromatic carbocycles.